The van der Waals surface area contributed by atoms with Crippen molar-refractivity contribution in [3.8, 4) is 0 Å². The predicted molar refractivity (Wildman–Crippen MR) is 135 cm³/mol. The van der Waals surface area contributed by atoms with Crippen LogP contribution in [0.3, 0.4) is 0 Å². The summed E-state index contributed by atoms with van der Waals surface area (Å²) in [6.07, 6.45) is 1.83. The van der Waals surface area contributed by atoms with Crippen LogP contribution >= 0.6 is 11.3 Å². The van der Waals surface area contributed by atoms with E-state index in [4.69, 9.17) is 9.47 Å². The zero-order valence-electron chi connectivity index (χ0n) is 20.5. The number of aromatic nitrogens is 3. The minimum atomic E-state index is -0.598. The molecule has 186 valence electrons. The van der Waals surface area contributed by atoms with Gasteiger partial charge in [0, 0.05) is 17.7 Å². The quantitative estimate of drug-likeness (QED) is 0.481. The van der Waals surface area contributed by atoms with Crippen molar-refractivity contribution in [1.82, 2.24) is 20.3 Å². The highest BCUT2D eigenvalue weighted by molar-refractivity contribution is 7.17. The normalized spacial score (nSPS) is 18.2. The molecule has 11 heteroatoms. The molecule has 0 saturated carbocycles. The Labute approximate surface area is 207 Å². The van der Waals surface area contributed by atoms with Crippen molar-refractivity contribution in [2.45, 2.75) is 58.7 Å². The highest BCUT2D eigenvalue weighted by Crippen LogP contribution is 2.26. The van der Waals surface area contributed by atoms with Crippen molar-refractivity contribution in [3.05, 3.63) is 40.5 Å². The minimum Gasteiger partial charge on any atom is -0.444 e. The Morgan fingerprint density at radius 3 is 2.71 bits per heavy atom. The Hall–Kier alpha value is -3.31. The third-order valence-corrected chi connectivity index (χ3v) is 6.18. The number of carbonyl (C=O) groups is 2. The number of aryl methyl sites for hydroxylation is 2. The largest absolute Gasteiger partial charge is 0.444 e. The topological polar surface area (TPSA) is 127 Å². The summed E-state index contributed by atoms with van der Waals surface area (Å²) in [5.41, 5.74) is 2.25. The van der Waals surface area contributed by atoms with Crippen LogP contribution in [0.5, 0.6) is 0 Å². The number of thiophene rings is 1. The maximum atomic E-state index is 13.0. The third-order valence-electron chi connectivity index (χ3n) is 5.27. The third kappa shape index (κ3) is 6.43. The molecule has 4 heterocycles. The first-order chi connectivity index (χ1) is 16.6. The number of fused-ring (bicyclic) bond motifs is 1. The number of alkyl carbamates (subject to hydrolysis) is 1. The van der Waals surface area contributed by atoms with Gasteiger partial charge in [0.25, 0.3) is 5.91 Å². The van der Waals surface area contributed by atoms with Crippen molar-refractivity contribution in [1.29, 1.82) is 0 Å². The Morgan fingerprint density at radius 2 is 1.97 bits per heavy atom. The number of ether oxygens (including phenoxy) is 2. The first kappa shape index (κ1) is 24.8. The number of carbonyl (C=O) groups excluding carboxylic acids is 2. The number of pyridine rings is 1. The monoisotopic (exact) mass is 498 g/mol. The van der Waals surface area contributed by atoms with Crippen LogP contribution in [-0.2, 0) is 9.47 Å². The molecule has 4 rings (SSSR count). The highest BCUT2D eigenvalue weighted by atomic mass is 32.1. The fourth-order valence-corrected chi connectivity index (χ4v) is 4.67. The minimum absolute atomic E-state index is 0.163. The highest BCUT2D eigenvalue weighted by Gasteiger charge is 2.30. The number of hydrogen-bond acceptors (Lipinski definition) is 9. The van der Waals surface area contributed by atoms with Crippen LogP contribution in [0.1, 0.15) is 48.8 Å². The molecule has 2 amide bonds. The van der Waals surface area contributed by atoms with E-state index in [1.165, 1.54) is 11.3 Å². The lowest BCUT2D eigenvalue weighted by Crippen LogP contribution is -2.53. The molecule has 3 aromatic rings. The molecule has 0 aliphatic carbocycles. The van der Waals surface area contributed by atoms with Crippen molar-refractivity contribution >= 4 is 45.3 Å². The molecule has 1 saturated heterocycles. The van der Waals surface area contributed by atoms with Crippen LogP contribution in [0.15, 0.2) is 23.7 Å². The van der Waals surface area contributed by atoms with Gasteiger partial charge < -0.3 is 25.4 Å². The standard InChI is InChI=1S/C24H30N6O4S/c1-13-8-14(2)26-19(9-13)29-21(31)15-12-35-18-10-25-22(30-20(15)18)27-16-6-7-33-11-17(16)28-23(32)34-24(3,4)5/h8-10,12,16-17H,6-7,11H2,1-5H3,(H,28,32)(H,25,27,30)(H,26,29,31)/t16-,17+/m1/s1. The first-order valence-electron chi connectivity index (χ1n) is 11.4. The Morgan fingerprint density at radius 1 is 1.17 bits per heavy atom. The number of nitrogens with one attached hydrogen (secondary N) is 3. The molecule has 1 aliphatic rings. The summed E-state index contributed by atoms with van der Waals surface area (Å²) in [6, 6.07) is 3.29. The number of rotatable bonds is 5. The molecule has 1 fully saturated rings. The fraction of sp³-hybridized carbons (Fsp3) is 0.458. The van der Waals surface area contributed by atoms with Gasteiger partial charge in [-0.25, -0.2) is 19.7 Å². The van der Waals surface area contributed by atoms with Crippen LogP contribution < -0.4 is 16.0 Å². The molecule has 2 atom stereocenters. The van der Waals surface area contributed by atoms with Crippen LogP contribution in [0.25, 0.3) is 10.2 Å². The summed E-state index contributed by atoms with van der Waals surface area (Å²) < 4.78 is 11.7. The van der Waals surface area contributed by atoms with Crippen LogP contribution in [0, 0.1) is 13.8 Å². The zero-order valence-corrected chi connectivity index (χ0v) is 21.3. The maximum absolute atomic E-state index is 13.0. The summed E-state index contributed by atoms with van der Waals surface area (Å²) in [7, 11) is 0. The molecule has 10 nitrogen and oxygen atoms in total. The van der Waals surface area contributed by atoms with E-state index < -0.39 is 11.7 Å². The van der Waals surface area contributed by atoms with E-state index in [1.807, 2.05) is 46.8 Å². The van der Waals surface area contributed by atoms with Gasteiger partial charge >= 0.3 is 6.09 Å². The van der Waals surface area contributed by atoms with Gasteiger partial charge in [-0.1, -0.05) is 0 Å². The van der Waals surface area contributed by atoms with Gasteiger partial charge in [0.1, 0.15) is 11.4 Å². The number of nitrogens with zero attached hydrogens (tertiary/aromatic N) is 3. The lowest BCUT2D eigenvalue weighted by molar-refractivity contribution is 0.0317. The second-order valence-electron chi connectivity index (χ2n) is 9.55. The van der Waals surface area contributed by atoms with Gasteiger partial charge in [-0.2, -0.15) is 0 Å². The van der Waals surface area contributed by atoms with Gasteiger partial charge in [-0.3, -0.25) is 4.79 Å². The molecular formula is C24H30N6O4S. The average Bonchev–Trinajstić information content (AvgIpc) is 3.16. The molecule has 35 heavy (non-hydrogen) atoms. The van der Waals surface area contributed by atoms with E-state index in [9.17, 15) is 9.59 Å². The second kappa shape index (κ2) is 10.1. The summed E-state index contributed by atoms with van der Waals surface area (Å²) in [4.78, 5) is 38.7. The van der Waals surface area contributed by atoms with Crippen LogP contribution in [-0.4, -0.2) is 57.9 Å². The Bertz CT molecular complexity index is 1220. The van der Waals surface area contributed by atoms with E-state index in [-0.39, 0.29) is 18.0 Å². The maximum Gasteiger partial charge on any atom is 0.408 e. The van der Waals surface area contributed by atoms with Gasteiger partial charge in [0.2, 0.25) is 5.95 Å². The van der Waals surface area contributed by atoms with Crippen LogP contribution in [0.4, 0.5) is 16.6 Å². The molecule has 3 N–H and O–H groups in total. The van der Waals surface area contributed by atoms with Gasteiger partial charge in [0.15, 0.2) is 0 Å². The molecule has 0 spiro atoms. The lowest BCUT2D eigenvalue weighted by Gasteiger charge is -2.33. The van der Waals surface area contributed by atoms with Gasteiger partial charge in [0.05, 0.1) is 40.7 Å². The summed E-state index contributed by atoms with van der Waals surface area (Å²) in [5.74, 6) is 0.587. The zero-order chi connectivity index (χ0) is 25.2. The number of hydrogen-bond donors (Lipinski definition) is 3. The molecule has 0 aromatic carbocycles. The summed E-state index contributed by atoms with van der Waals surface area (Å²) in [6.45, 7) is 10.2. The van der Waals surface area contributed by atoms with E-state index in [0.717, 1.165) is 16.0 Å². The lowest BCUT2D eigenvalue weighted by atomic mass is 10.0. The van der Waals surface area contributed by atoms with E-state index in [2.05, 4.69) is 30.9 Å². The van der Waals surface area contributed by atoms with E-state index >= 15 is 0 Å². The van der Waals surface area contributed by atoms with Crippen molar-refractivity contribution in [2.75, 3.05) is 23.8 Å². The summed E-state index contributed by atoms with van der Waals surface area (Å²) in [5, 5.41) is 10.8. The van der Waals surface area contributed by atoms with Crippen molar-refractivity contribution in [2.24, 2.45) is 0 Å². The molecule has 1 aliphatic heterocycles. The van der Waals surface area contributed by atoms with E-state index in [0.29, 0.717) is 42.5 Å². The van der Waals surface area contributed by atoms with E-state index in [1.54, 1.807) is 11.6 Å². The van der Waals surface area contributed by atoms with Crippen LogP contribution in [0.2, 0.25) is 0 Å². The smallest absolute Gasteiger partial charge is 0.408 e. The second-order valence-corrected chi connectivity index (χ2v) is 10.5. The average molecular weight is 499 g/mol. The fourth-order valence-electron chi connectivity index (χ4n) is 3.83. The SMILES string of the molecule is Cc1cc(C)nc(NC(=O)c2csc3cnc(N[C@@H]4CCOC[C@@H]4NC(=O)OC(C)(C)C)nc23)c1. The molecule has 0 bridgehead atoms. The van der Waals surface area contributed by atoms with Gasteiger partial charge in [-0.15, -0.1) is 11.3 Å². The van der Waals surface area contributed by atoms with Crippen molar-refractivity contribution < 1.29 is 19.1 Å². The Kier molecular flexibility index (Phi) is 7.18. The number of amides is 2. The molecular weight excluding hydrogens is 468 g/mol. The first-order valence-corrected chi connectivity index (χ1v) is 12.3. The molecule has 3 aromatic heterocycles. The summed E-state index contributed by atoms with van der Waals surface area (Å²) >= 11 is 1.40. The van der Waals surface area contributed by atoms with Gasteiger partial charge in [-0.05, 0) is 58.7 Å². The molecule has 0 unspecified atom stereocenters. The Balaban J connectivity index is 1.50. The predicted octanol–water partition coefficient (Wildman–Crippen LogP) is 4.05. The van der Waals surface area contributed by atoms with Crippen molar-refractivity contribution in [3.63, 3.8) is 0 Å². The number of anilines is 2. The molecule has 0 radical (unpaired) electrons.